The monoisotopic (exact) mass is 600 g/mol. The molecule has 0 aliphatic heterocycles. The summed E-state index contributed by atoms with van der Waals surface area (Å²) in [5.41, 5.74) is 3.97. The van der Waals surface area contributed by atoms with Crippen LogP contribution in [0.4, 0.5) is 49.1 Å². The zero-order chi connectivity index (χ0) is 31.4. The van der Waals surface area contributed by atoms with Crippen LogP contribution in [0.5, 0.6) is 0 Å². The Bertz CT molecular complexity index is 1580. The van der Waals surface area contributed by atoms with Crippen LogP contribution in [0, 0.1) is 0 Å². The number of carbonyl (C=O) groups is 3. The summed E-state index contributed by atoms with van der Waals surface area (Å²) in [6, 6.07) is 19.0. The van der Waals surface area contributed by atoms with Gasteiger partial charge in [0.1, 0.15) is 5.92 Å². The van der Waals surface area contributed by atoms with E-state index in [1.165, 1.54) is 36.4 Å². The molecule has 4 rings (SSSR count). The van der Waals surface area contributed by atoms with E-state index in [9.17, 15) is 40.7 Å². The van der Waals surface area contributed by atoms with Gasteiger partial charge in [-0.05, 0) is 66.2 Å². The van der Waals surface area contributed by atoms with Crippen LogP contribution >= 0.6 is 0 Å². The molecule has 7 nitrogen and oxygen atoms in total. The van der Waals surface area contributed by atoms with E-state index >= 15 is 0 Å². The Balaban J connectivity index is 1.63. The maximum Gasteiger partial charge on any atom is 0.416 e. The van der Waals surface area contributed by atoms with Crippen LogP contribution in [0.15, 0.2) is 97.1 Å². The Morgan fingerprint density at radius 2 is 1.09 bits per heavy atom. The molecule has 5 N–H and O–H groups in total. The van der Waals surface area contributed by atoms with Crippen LogP contribution in [0.25, 0.3) is 0 Å². The zero-order valence-corrected chi connectivity index (χ0v) is 21.9. The average Bonchev–Trinajstić information content (AvgIpc) is 2.94. The van der Waals surface area contributed by atoms with Gasteiger partial charge in [0, 0.05) is 16.9 Å². The Morgan fingerprint density at radius 3 is 1.56 bits per heavy atom. The number of para-hydroxylation sites is 2. The molecule has 0 aromatic heterocycles. The number of hydrogen-bond acceptors (Lipinski definition) is 4. The van der Waals surface area contributed by atoms with E-state index in [1.807, 2.05) is 0 Å². The van der Waals surface area contributed by atoms with Crippen molar-refractivity contribution < 1.29 is 40.7 Å². The minimum atomic E-state index is -4.71. The van der Waals surface area contributed by atoms with Crippen molar-refractivity contribution in [1.82, 2.24) is 0 Å². The number of halogens is 6. The van der Waals surface area contributed by atoms with E-state index in [1.54, 1.807) is 24.3 Å². The van der Waals surface area contributed by atoms with Gasteiger partial charge < -0.3 is 21.7 Å². The molecule has 13 heteroatoms. The van der Waals surface area contributed by atoms with Crippen LogP contribution in [-0.2, 0) is 21.9 Å². The highest BCUT2D eigenvalue weighted by Gasteiger charge is 2.33. The largest absolute Gasteiger partial charge is 0.416 e. The second-order valence-electron chi connectivity index (χ2n) is 9.23. The number of amides is 3. The highest BCUT2D eigenvalue weighted by atomic mass is 19.4. The van der Waals surface area contributed by atoms with E-state index in [2.05, 4.69) is 16.0 Å². The van der Waals surface area contributed by atoms with Crippen LogP contribution in [0.1, 0.15) is 33.0 Å². The molecule has 0 saturated carbocycles. The summed E-state index contributed by atoms with van der Waals surface area (Å²) in [6.45, 7) is 0. The van der Waals surface area contributed by atoms with Gasteiger partial charge in [0.15, 0.2) is 0 Å². The molecule has 4 aromatic rings. The molecule has 0 radical (unpaired) electrons. The standard InChI is InChI=1S/C30H22F6N4O3/c31-29(32,33)19-5-3-7-21(15-19)38-27(42)25(28(43)39-22-8-4-6-20(16-22)30(34,35)36)17-11-13-18(14-12-17)26(41)40-24-10-2-1-9-23(24)37/h1-16,25H,37H2,(H,38,42)(H,39,43)(H,40,41). The predicted octanol–water partition coefficient (Wildman–Crippen LogP) is 6.92. The molecule has 43 heavy (non-hydrogen) atoms. The van der Waals surface area contributed by atoms with E-state index in [0.29, 0.717) is 23.5 Å². The molecule has 0 spiro atoms. The number of anilines is 4. The van der Waals surface area contributed by atoms with Crippen molar-refractivity contribution >= 4 is 40.5 Å². The van der Waals surface area contributed by atoms with Gasteiger partial charge in [-0.2, -0.15) is 26.3 Å². The smallest absolute Gasteiger partial charge is 0.397 e. The fourth-order valence-electron chi connectivity index (χ4n) is 4.03. The molecule has 0 fully saturated rings. The third-order valence-electron chi connectivity index (χ3n) is 6.15. The lowest BCUT2D eigenvalue weighted by Gasteiger charge is -2.19. The van der Waals surface area contributed by atoms with Crippen LogP contribution in [-0.4, -0.2) is 17.7 Å². The Morgan fingerprint density at radius 1 is 0.605 bits per heavy atom. The molecule has 0 unspecified atom stereocenters. The van der Waals surface area contributed by atoms with Crippen molar-refractivity contribution in [2.75, 3.05) is 21.7 Å². The fraction of sp³-hybridized carbons (Fsp3) is 0.100. The van der Waals surface area contributed by atoms with Gasteiger partial charge in [-0.3, -0.25) is 14.4 Å². The summed E-state index contributed by atoms with van der Waals surface area (Å²) in [5, 5.41) is 7.13. The Kier molecular flexibility index (Phi) is 8.74. The van der Waals surface area contributed by atoms with E-state index in [4.69, 9.17) is 5.73 Å². The van der Waals surface area contributed by atoms with Crippen LogP contribution in [0.2, 0.25) is 0 Å². The first-order chi connectivity index (χ1) is 20.2. The number of carbonyl (C=O) groups excluding carboxylic acids is 3. The lowest BCUT2D eigenvalue weighted by Crippen LogP contribution is -2.32. The van der Waals surface area contributed by atoms with E-state index in [0.717, 1.165) is 24.3 Å². The molecule has 0 saturated heterocycles. The lowest BCUT2D eigenvalue weighted by atomic mass is 9.95. The Labute approximate surface area is 240 Å². The van der Waals surface area contributed by atoms with Crippen molar-refractivity contribution in [2.24, 2.45) is 0 Å². The predicted molar refractivity (Wildman–Crippen MR) is 148 cm³/mol. The number of hydrogen-bond donors (Lipinski definition) is 4. The summed E-state index contributed by atoms with van der Waals surface area (Å²) < 4.78 is 79.1. The van der Waals surface area contributed by atoms with Gasteiger partial charge in [0.05, 0.1) is 22.5 Å². The number of nitrogens with one attached hydrogen (secondary N) is 3. The maximum absolute atomic E-state index is 13.3. The molecule has 4 aromatic carbocycles. The van der Waals surface area contributed by atoms with Crippen molar-refractivity contribution in [3.63, 3.8) is 0 Å². The molecular weight excluding hydrogens is 578 g/mol. The fourth-order valence-corrected chi connectivity index (χ4v) is 4.03. The first-order valence-corrected chi connectivity index (χ1v) is 12.4. The summed E-state index contributed by atoms with van der Waals surface area (Å²) in [5.74, 6) is -4.45. The molecule has 0 bridgehead atoms. The van der Waals surface area contributed by atoms with Gasteiger partial charge in [-0.15, -0.1) is 0 Å². The summed E-state index contributed by atoms with van der Waals surface area (Å²) in [7, 11) is 0. The first-order valence-electron chi connectivity index (χ1n) is 12.4. The molecule has 0 aliphatic rings. The SMILES string of the molecule is Nc1ccccc1NC(=O)c1ccc(C(C(=O)Nc2cccc(C(F)(F)F)c2)C(=O)Nc2cccc(C(F)(F)F)c2)cc1. The number of alkyl halides is 6. The quantitative estimate of drug-likeness (QED) is 0.105. The van der Waals surface area contributed by atoms with Crippen molar-refractivity contribution in [2.45, 2.75) is 18.3 Å². The summed E-state index contributed by atoms with van der Waals surface area (Å²) >= 11 is 0. The molecule has 3 amide bonds. The molecule has 0 atom stereocenters. The zero-order valence-electron chi connectivity index (χ0n) is 21.9. The minimum absolute atomic E-state index is 0.00438. The van der Waals surface area contributed by atoms with Crippen LogP contribution in [0.3, 0.4) is 0 Å². The number of nitrogens with two attached hydrogens (primary N) is 1. The second kappa shape index (κ2) is 12.3. The van der Waals surface area contributed by atoms with Gasteiger partial charge in [0.25, 0.3) is 5.91 Å². The molecular formula is C30H22F6N4O3. The lowest BCUT2D eigenvalue weighted by molar-refractivity contribution is -0.138. The van der Waals surface area contributed by atoms with Crippen molar-refractivity contribution in [1.29, 1.82) is 0 Å². The molecule has 0 heterocycles. The number of nitrogen functional groups attached to an aromatic ring is 1. The van der Waals surface area contributed by atoms with Gasteiger partial charge in [0.2, 0.25) is 11.8 Å². The number of rotatable bonds is 7. The normalized spacial score (nSPS) is 11.6. The third kappa shape index (κ3) is 7.70. The summed E-state index contributed by atoms with van der Waals surface area (Å²) in [6.07, 6.45) is -9.41. The second-order valence-corrected chi connectivity index (χ2v) is 9.23. The highest BCUT2D eigenvalue weighted by Crippen LogP contribution is 2.33. The first kappa shape index (κ1) is 30.6. The van der Waals surface area contributed by atoms with E-state index in [-0.39, 0.29) is 22.5 Å². The maximum atomic E-state index is 13.3. The van der Waals surface area contributed by atoms with Gasteiger partial charge in [-0.1, -0.05) is 36.4 Å². The molecule has 0 aliphatic carbocycles. The van der Waals surface area contributed by atoms with Crippen molar-refractivity contribution in [3.05, 3.63) is 119 Å². The number of benzene rings is 4. The van der Waals surface area contributed by atoms with Crippen LogP contribution < -0.4 is 21.7 Å². The Hall–Kier alpha value is -5.33. The highest BCUT2D eigenvalue weighted by molar-refractivity contribution is 6.15. The van der Waals surface area contributed by atoms with Crippen molar-refractivity contribution in [3.8, 4) is 0 Å². The topological polar surface area (TPSA) is 113 Å². The molecule has 222 valence electrons. The average molecular weight is 601 g/mol. The summed E-state index contributed by atoms with van der Waals surface area (Å²) in [4.78, 5) is 39.3. The minimum Gasteiger partial charge on any atom is -0.397 e. The van der Waals surface area contributed by atoms with Gasteiger partial charge in [-0.25, -0.2) is 0 Å². The van der Waals surface area contributed by atoms with E-state index < -0.39 is 47.1 Å². The van der Waals surface area contributed by atoms with Gasteiger partial charge >= 0.3 is 12.4 Å². The third-order valence-corrected chi connectivity index (χ3v) is 6.15.